The lowest BCUT2D eigenvalue weighted by atomic mass is 10.1. The van der Waals surface area contributed by atoms with E-state index in [2.05, 4.69) is 0 Å². The molecule has 0 radical (unpaired) electrons. The van der Waals surface area contributed by atoms with Crippen molar-refractivity contribution in [2.24, 2.45) is 11.7 Å². The third-order valence-electron chi connectivity index (χ3n) is 2.46. The summed E-state index contributed by atoms with van der Waals surface area (Å²) >= 11 is 0. The average Bonchev–Trinajstić information content (AvgIpc) is 2.19. The van der Waals surface area contributed by atoms with Gasteiger partial charge in [-0.3, -0.25) is 4.79 Å². The second-order valence-electron chi connectivity index (χ2n) is 3.86. The van der Waals surface area contributed by atoms with Gasteiger partial charge < -0.3 is 10.5 Å². The minimum Gasteiger partial charge on any atom is -0.493 e. The molecule has 3 nitrogen and oxygen atoms in total. The zero-order chi connectivity index (χ0) is 11.4. The number of benzene rings is 1. The molecule has 0 bridgehead atoms. The molecule has 15 heavy (non-hydrogen) atoms. The normalized spacial score (nSPS) is 12.2. The lowest BCUT2D eigenvalue weighted by Gasteiger charge is -2.11. The molecular formula is C12H17NO2. The molecule has 3 heteroatoms. The molecule has 1 unspecified atom stereocenters. The largest absolute Gasteiger partial charge is 0.493 e. The highest BCUT2D eigenvalue weighted by Crippen LogP contribution is 2.16. The fourth-order valence-electron chi connectivity index (χ4n) is 1.11. The standard InChI is InChI=1S/C12H17NO2/c1-8-4-5-11(6-9(8)2)15-7-10(3)12(13)14/h4-6,10H,7H2,1-3H3,(H2,13,14). The summed E-state index contributed by atoms with van der Waals surface area (Å²) < 4.78 is 5.46. The Kier molecular flexibility index (Phi) is 3.72. The first-order valence-corrected chi connectivity index (χ1v) is 5.00. The number of ether oxygens (including phenoxy) is 1. The number of carbonyl (C=O) groups excluding carboxylic acids is 1. The Balaban J connectivity index is 2.58. The number of nitrogens with two attached hydrogens (primary N) is 1. The summed E-state index contributed by atoms with van der Waals surface area (Å²) in [5.74, 6) is 0.191. The number of hydrogen-bond acceptors (Lipinski definition) is 2. The van der Waals surface area contributed by atoms with Crippen molar-refractivity contribution in [1.29, 1.82) is 0 Å². The molecule has 0 fully saturated rings. The van der Waals surface area contributed by atoms with Crippen molar-refractivity contribution >= 4 is 5.91 Å². The molecule has 1 atom stereocenters. The van der Waals surface area contributed by atoms with Crippen LogP contribution in [0.4, 0.5) is 0 Å². The van der Waals surface area contributed by atoms with Gasteiger partial charge in [0.1, 0.15) is 5.75 Å². The molecular weight excluding hydrogens is 190 g/mol. The molecule has 1 aromatic carbocycles. The van der Waals surface area contributed by atoms with Crippen LogP contribution in [-0.2, 0) is 4.79 Å². The molecule has 1 amide bonds. The van der Waals surface area contributed by atoms with Crippen LogP contribution in [0.2, 0.25) is 0 Å². The first-order chi connectivity index (χ1) is 7.00. The summed E-state index contributed by atoms with van der Waals surface area (Å²) in [7, 11) is 0. The molecule has 1 aromatic rings. The molecule has 0 saturated heterocycles. The highest BCUT2D eigenvalue weighted by Gasteiger charge is 2.09. The third kappa shape index (κ3) is 3.27. The van der Waals surface area contributed by atoms with E-state index in [1.54, 1.807) is 6.92 Å². The lowest BCUT2D eigenvalue weighted by molar-refractivity contribution is -0.122. The molecule has 0 aliphatic heterocycles. The van der Waals surface area contributed by atoms with Gasteiger partial charge in [0.2, 0.25) is 5.91 Å². The summed E-state index contributed by atoms with van der Waals surface area (Å²) in [4.78, 5) is 10.8. The van der Waals surface area contributed by atoms with Gasteiger partial charge in [-0.1, -0.05) is 13.0 Å². The zero-order valence-electron chi connectivity index (χ0n) is 9.41. The van der Waals surface area contributed by atoms with E-state index in [1.807, 2.05) is 32.0 Å². The van der Waals surface area contributed by atoms with Crippen LogP contribution >= 0.6 is 0 Å². The van der Waals surface area contributed by atoms with Crippen molar-refractivity contribution in [1.82, 2.24) is 0 Å². The fourth-order valence-corrected chi connectivity index (χ4v) is 1.11. The Morgan fingerprint density at radius 1 is 1.40 bits per heavy atom. The number of hydrogen-bond donors (Lipinski definition) is 1. The Labute approximate surface area is 90.2 Å². The van der Waals surface area contributed by atoms with E-state index in [0.717, 1.165) is 5.75 Å². The van der Waals surface area contributed by atoms with Gasteiger partial charge in [0, 0.05) is 0 Å². The third-order valence-corrected chi connectivity index (χ3v) is 2.46. The first kappa shape index (κ1) is 11.6. The average molecular weight is 207 g/mol. The van der Waals surface area contributed by atoms with E-state index in [-0.39, 0.29) is 11.8 Å². The monoisotopic (exact) mass is 207 g/mol. The molecule has 82 valence electrons. The maximum atomic E-state index is 10.8. The summed E-state index contributed by atoms with van der Waals surface area (Å²) in [5, 5.41) is 0. The van der Waals surface area contributed by atoms with Gasteiger partial charge in [0.05, 0.1) is 12.5 Å². The SMILES string of the molecule is Cc1ccc(OCC(C)C(N)=O)cc1C. The highest BCUT2D eigenvalue weighted by molar-refractivity contribution is 5.76. The molecule has 2 N–H and O–H groups in total. The summed E-state index contributed by atoms with van der Waals surface area (Å²) in [5.41, 5.74) is 7.54. The quantitative estimate of drug-likeness (QED) is 0.818. The Morgan fingerprint density at radius 2 is 2.07 bits per heavy atom. The van der Waals surface area contributed by atoms with Crippen LogP contribution in [-0.4, -0.2) is 12.5 Å². The Morgan fingerprint density at radius 3 is 2.60 bits per heavy atom. The number of aryl methyl sites for hydroxylation is 2. The van der Waals surface area contributed by atoms with Crippen molar-refractivity contribution in [3.63, 3.8) is 0 Å². The van der Waals surface area contributed by atoms with Gasteiger partial charge in [-0.25, -0.2) is 0 Å². The second kappa shape index (κ2) is 4.82. The van der Waals surface area contributed by atoms with Gasteiger partial charge in [-0.2, -0.15) is 0 Å². The topological polar surface area (TPSA) is 52.3 Å². The maximum Gasteiger partial charge on any atom is 0.223 e. The van der Waals surface area contributed by atoms with Crippen LogP contribution in [0, 0.1) is 19.8 Å². The lowest BCUT2D eigenvalue weighted by Crippen LogP contribution is -2.25. The Bertz CT molecular complexity index is 361. The van der Waals surface area contributed by atoms with E-state index in [0.29, 0.717) is 6.61 Å². The van der Waals surface area contributed by atoms with Gasteiger partial charge in [0.25, 0.3) is 0 Å². The summed E-state index contributed by atoms with van der Waals surface area (Å²) in [6.45, 7) is 6.16. The second-order valence-corrected chi connectivity index (χ2v) is 3.86. The minimum absolute atomic E-state index is 0.258. The van der Waals surface area contributed by atoms with Crippen LogP contribution in [0.5, 0.6) is 5.75 Å². The van der Waals surface area contributed by atoms with Gasteiger partial charge >= 0.3 is 0 Å². The van der Waals surface area contributed by atoms with Crippen LogP contribution in [0.15, 0.2) is 18.2 Å². The van der Waals surface area contributed by atoms with E-state index < -0.39 is 0 Å². The molecule has 0 aliphatic rings. The molecule has 0 aliphatic carbocycles. The molecule has 0 heterocycles. The van der Waals surface area contributed by atoms with Crippen molar-refractivity contribution < 1.29 is 9.53 Å². The van der Waals surface area contributed by atoms with Gasteiger partial charge in [-0.15, -0.1) is 0 Å². The predicted molar refractivity (Wildman–Crippen MR) is 59.8 cm³/mol. The molecule has 1 rings (SSSR count). The van der Waals surface area contributed by atoms with Crippen LogP contribution < -0.4 is 10.5 Å². The number of rotatable bonds is 4. The molecule has 0 saturated carbocycles. The maximum absolute atomic E-state index is 10.8. The summed E-state index contributed by atoms with van der Waals surface area (Å²) in [6.07, 6.45) is 0. The van der Waals surface area contributed by atoms with Crippen molar-refractivity contribution in [2.45, 2.75) is 20.8 Å². The smallest absolute Gasteiger partial charge is 0.223 e. The first-order valence-electron chi connectivity index (χ1n) is 5.00. The van der Waals surface area contributed by atoms with E-state index in [1.165, 1.54) is 11.1 Å². The zero-order valence-corrected chi connectivity index (χ0v) is 9.41. The molecule has 0 spiro atoms. The van der Waals surface area contributed by atoms with Crippen molar-refractivity contribution in [3.05, 3.63) is 29.3 Å². The van der Waals surface area contributed by atoms with E-state index in [4.69, 9.17) is 10.5 Å². The number of carbonyl (C=O) groups is 1. The van der Waals surface area contributed by atoms with Crippen LogP contribution in [0.3, 0.4) is 0 Å². The van der Waals surface area contributed by atoms with Gasteiger partial charge in [-0.05, 0) is 37.1 Å². The minimum atomic E-state index is -0.334. The Hall–Kier alpha value is -1.51. The number of amides is 1. The fraction of sp³-hybridized carbons (Fsp3) is 0.417. The van der Waals surface area contributed by atoms with E-state index in [9.17, 15) is 4.79 Å². The van der Waals surface area contributed by atoms with Gasteiger partial charge in [0.15, 0.2) is 0 Å². The summed E-state index contributed by atoms with van der Waals surface area (Å²) in [6, 6.07) is 5.86. The van der Waals surface area contributed by atoms with Crippen LogP contribution in [0.25, 0.3) is 0 Å². The van der Waals surface area contributed by atoms with Crippen molar-refractivity contribution in [2.75, 3.05) is 6.61 Å². The van der Waals surface area contributed by atoms with Crippen LogP contribution in [0.1, 0.15) is 18.1 Å². The molecule has 0 aromatic heterocycles. The highest BCUT2D eigenvalue weighted by atomic mass is 16.5. The van der Waals surface area contributed by atoms with Crippen molar-refractivity contribution in [3.8, 4) is 5.75 Å². The van der Waals surface area contributed by atoms with E-state index >= 15 is 0 Å². The number of primary amides is 1. The predicted octanol–water partition coefficient (Wildman–Crippen LogP) is 1.80.